The van der Waals surface area contributed by atoms with Gasteiger partial charge in [0.2, 0.25) is 5.91 Å². The molecule has 100 valence electrons. The molecule has 0 unspecified atom stereocenters. The first-order valence-corrected chi connectivity index (χ1v) is 6.24. The molecule has 1 aromatic heterocycles. The van der Waals surface area contributed by atoms with Gasteiger partial charge in [0.25, 0.3) is 0 Å². The van der Waals surface area contributed by atoms with Crippen molar-refractivity contribution in [1.82, 2.24) is 15.3 Å². The molecule has 0 saturated heterocycles. The van der Waals surface area contributed by atoms with E-state index in [2.05, 4.69) is 15.3 Å². The Morgan fingerprint density at radius 2 is 2.21 bits per heavy atom. The lowest BCUT2D eigenvalue weighted by molar-refractivity contribution is -0.120. The second kappa shape index (κ2) is 6.68. The Balaban J connectivity index is 1.69. The van der Waals surface area contributed by atoms with Gasteiger partial charge < -0.3 is 10.3 Å². The first kappa shape index (κ1) is 13.3. The third-order valence-corrected chi connectivity index (χ3v) is 2.78. The highest BCUT2D eigenvalue weighted by molar-refractivity contribution is 5.78. The van der Waals surface area contributed by atoms with E-state index in [1.807, 2.05) is 0 Å². The average Bonchev–Trinajstić information content (AvgIpc) is 2.91. The summed E-state index contributed by atoms with van der Waals surface area (Å²) < 4.78 is 13.3. The summed E-state index contributed by atoms with van der Waals surface area (Å²) in [4.78, 5) is 18.7. The molecule has 0 radical (unpaired) electrons. The summed E-state index contributed by atoms with van der Waals surface area (Å²) in [5.74, 6) is 0.404. The lowest BCUT2D eigenvalue weighted by atomic mass is 10.1. The van der Waals surface area contributed by atoms with Crippen LogP contribution in [-0.2, 0) is 17.6 Å². The van der Waals surface area contributed by atoms with Gasteiger partial charge in [-0.05, 0) is 18.1 Å². The number of imidazole rings is 1. The molecule has 5 heteroatoms. The van der Waals surface area contributed by atoms with Gasteiger partial charge in [-0.1, -0.05) is 18.2 Å². The van der Waals surface area contributed by atoms with Crippen LogP contribution in [0.25, 0.3) is 0 Å². The van der Waals surface area contributed by atoms with E-state index in [0.717, 1.165) is 18.7 Å². The Bertz CT molecular complexity index is 525. The van der Waals surface area contributed by atoms with Crippen molar-refractivity contribution in [1.29, 1.82) is 0 Å². The minimum Gasteiger partial charge on any atom is -0.356 e. The van der Waals surface area contributed by atoms with E-state index >= 15 is 0 Å². The van der Waals surface area contributed by atoms with Gasteiger partial charge in [-0.15, -0.1) is 0 Å². The number of aromatic nitrogens is 2. The molecule has 2 N–H and O–H groups in total. The van der Waals surface area contributed by atoms with E-state index < -0.39 is 0 Å². The minimum atomic E-state index is -0.340. The van der Waals surface area contributed by atoms with Crippen molar-refractivity contribution in [2.75, 3.05) is 6.54 Å². The molecule has 1 heterocycles. The molecule has 19 heavy (non-hydrogen) atoms. The molecule has 1 aromatic carbocycles. The fourth-order valence-electron chi connectivity index (χ4n) is 1.80. The zero-order valence-corrected chi connectivity index (χ0v) is 10.5. The minimum absolute atomic E-state index is 0.0768. The molecule has 0 atom stereocenters. The van der Waals surface area contributed by atoms with Crippen molar-refractivity contribution in [3.63, 3.8) is 0 Å². The molecule has 0 aliphatic rings. The highest BCUT2D eigenvalue weighted by atomic mass is 19.1. The zero-order chi connectivity index (χ0) is 13.5. The van der Waals surface area contributed by atoms with Crippen LogP contribution in [0.15, 0.2) is 36.7 Å². The third kappa shape index (κ3) is 4.21. The average molecular weight is 261 g/mol. The third-order valence-electron chi connectivity index (χ3n) is 2.78. The van der Waals surface area contributed by atoms with Crippen molar-refractivity contribution < 1.29 is 9.18 Å². The highest BCUT2D eigenvalue weighted by Gasteiger charge is 2.06. The smallest absolute Gasteiger partial charge is 0.224 e. The predicted molar refractivity (Wildman–Crippen MR) is 70.0 cm³/mol. The summed E-state index contributed by atoms with van der Waals surface area (Å²) in [6.45, 7) is 0.563. The Morgan fingerprint density at radius 1 is 1.37 bits per heavy atom. The van der Waals surface area contributed by atoms with Gasteiger partial charge in [-0.3, -0.25) is 4.79 Å². The molecular weight excluding hydrogens is 245 g/mol. The number of carbonyl (C=O) groups is 1. The molecule has 0 fully saturated rings. The number of nitrogens with one attached hydrogen (secondary N) is 2. The molecule has 0 saturated carbocycles. The molecule has 2 rings (SSSR count). The number of H-pyrrole nitrogens is 1. The number of hydrogen-bond acceptors (Lipinski definition) is 2. The van der Waals surface area contributed by atoms with Gasteiger partial charge in [-0.2, -0.15) is 0 Å². The molecule has 0 aliphatic carbocycles. The predicted octanol–water partition coefficient (Wildman–Crippen LogP) is 1.84. The number of rotatable bonds is 6. The Morgan fingerprint density at radius 3 is 2.95 bits per heavy atom. The van der Waals surface area contributed by atoms with E-state index in [-0.39, 0.29) is 18.1 Å². The highest BCUT2D eigenvalue weighted by Crippen LogP contribution is 2.06. The molecule has 4 nitrogen and oxygen atoms in total. The van der Waals surface area contributed by atoms with Crippen molar-refractivity contribution >= 4 is 5.91 Å². The van der Waals surface area contributed by atoms with Crippen molar-refractivity contribution in [2.24, 2.45) is 0 Å². The number of nitrogens with zero attached hydrogens (tertiary/aromatic N) is 1. The van der Waals surface area contributed by atoms with Crippen LogP contribution in [0.5, 0.6) is 0 Å². The van der Waals surface area contributed by atoms with Gasteiger partial charge in [-0.25, -0.2) is 9.37 Å². The monoisotopic (exact) mass is 261 g/mol. The maximum atomic E-state index is 13.3. The summed E-state index contributed by atoms with van der Waals surface area (Å²) in [5, 5.41) is 2.77. The van der Waals surface area contributed by atoms with Crippen molar-refractivity contribution in [3.05, 3.63) is 53.9 Å². The summed E-state index contributed by atoms with van der Waals surface area (Å²) in [6.07, 6.45) is 5.13. The van der Waals surface area contributed by atoms with Gasteiger partial charge in [0.15, 0.2) is 0 Å². The maximum Gasteiger partial charge on any atom is 0.224 e. The second-order valence-electron chi connectivity index (χ2n) is 4.26. The van der Waals surface area contributed by atoms with Crippen molar-refractivity contribution in [2.45, 2.75) is 19.3 Å². The molecule has 1 amide bonds. The molecular formula is C14H16FN3O. The number of amides is 1. The number of hydrogen-bond donors (Lipinski definition) is 2. The quantitative estimate of drug-likeness (QED) is 0.779. The molecule has 0 bridgehead atoms. The van der Waals surface area contributed by atoms with Crippen LogP contribution >= 0.6 is 0 Å². The summed E-state index contributed by atoms with van der Waals surface area (Å²) in [7, 11) is 0. The fraction of sp³-hybridized carbons (Fsp3) is 0.286. The largest absolute Gasteiger partial charge is 0.356 e. The zero-order valence-electron chi connectivity index (χ0n) is 10.5. The number of halogens is 1. The van der Waals surface area contributed by atoms with Crippen LogP contribution in [0.1, 0.15) is 17.8 Å². The SMILES string of the molecule is O=C(Cc1ccccc1F)NCCCc1ncc[nH]1. The van der Waals surface area contributed by atoms with E-state index in [1.165, 1.54) is 6.07 Å². The van der Waals surface area contributed by atoms with Crippen molar-refractivity contribution in [3.8, 4) is 0 Å². The summed E-state index contributed by atoms with van der Waals surface area (Å²) >= 11 is 0. The van der Waals surface area contributed by atoms with Crippen LogP contribution in [0.4, 0.5) is 4.39 Å². The van der Waals surface area contributed by atoms with E-state index in [1.54, 1.807) is 30.6 Å². The standard InChI is InChI=1S/C14H16FN3O/c15-12-5-2-1-4-11(12)10-14(19)18-7-3-6-13-16-8-9-17-13/h1-2,4-5,8-9H,3,6-7,10H2,(H,16,17)(H,18,19). The molecule has 0 aliphatic heterocycles. The van der Waals surface area contributed by atoms with Crippen LogP contribution < -0.4 is 5.32 Å². The fourth-order valence-corrected chi connectivity index (χ4v) is 1.80. The Labute approximate surface area is 111 Å². The first-order chi connectivity index (χ1) is 9.25. The maximum absolute atomic E-state index is 13.3. The summed E-state index contributed by atoms with van der Waals surface area (Å²) in [5.41, 5.74) is 0.422. The van der Waals surface area contributed by atoms with Crippen LogP contribution in [0.3, 0.4) is 0 Å². The molecule has 2 aromatic rings. The van der Waals surface area contributed by atoms with Crippen LogP contribution in [0, 0.1) is 5.82 Å². The number of aromatic amines is 1. The van der Waals surface area contributed by atoms with Gasteiger partial charge in [0.05, 0.1) is 6.42 Å². The number of aryl methyl sites for hydroxylation is 1. The Kier molecular flexibility index (Phi) is 4.66. The van der Waals surface area contributed by atoms with E-state index in [0.29, 0.717) is 12.1 Å². The van der Waals surface area contributed by atoms with Gasteiger partial charge >= 0.3 is 0 Å². The van der Waals surface area contributed by atoms with Gasteiger partial charge in [0.1, 0.15) is 11.6 Å². The number of carbonyl (C=O) groups excluding carboxylic acids is 1. The normalized spacial score (nSPS) is 10.4. The topological polar surface area (TPSA) is 57.8 Å². The van der Waals surface area contributed by atoms with Crippen LogP contribution in [0.2, 0.25) is 0 Å². The first-order valence-electron chi connectivity index (χ1n) is 6.24. The second-order valence-corrected chi connectivity index (χ2v) is 4.26. The number of benzene rings is 1. The lowest BCUT2D eigenvalue weighted by Gasteiger charge is -2.05. The van der Waals surface area contributed by atoms with E-state index in [4.69, 9.17) is 0 Å². The van der Waals surface area contributed by atoms with Gasteiger partial charge in [0, 0.05) is 25.4 Å². The van der Waals surface area contributed by atoms with Crippen LogP contribution in [-0.4, -0.2) is 22.4 Å². The molecule has 0 spiro atoms. The Hall–Kier alpha value is -2.17. The van der Waals surface area contributed by atoms with E-state index in [9.17, 15) is 9.18 Å². The summed E-state index contributed by atoms with van der Waals surface area (Å²) in [6, 6.07) is 6.32. The lowest BCUT2D eigenvalue weighted by Crippen LogP contribution is -2.26.